The molecule has 0 aromatic rings. The SMILES string of the molecule is CC(O)CCO.CCCC(CCC)C(=O)O.CCCC(CCC)C(=O)O. The van der Waals surface area contributed by atoms with E-state index in [1.54, 1.807) is 6.92 Å². The quantitative estimate of drug-likeness (QED) is 0.402. The van der Waals surface area contributed by atoms with Crippen LogP contribution in [0, 0.1) is 11.8 Å². The second kappa shape index (κ2) is 21.9. The maximum atomic E-state index is 10.5. The number of carboxylic acid groups (broad SMARTS) is 2. The van der Waals surface area contributed by atoms with E-state index in [1.807, 2.05) is 27.7 Å². The molecule has 0 aliphatic rings. The van der Waals surface area contributed by atoms with Crippen molar-refractivity contribution in [2.45, 2.75) is 98.5 Å². The zero-order chi connectivity index (χ0) is 21.0. The van der Waals surface area contributed by atoms with Crippen molar-refractivity contribution < 1.29 is 30.0 Å². The molecule has 158 valence electrons. The number of hydrogen-bond donors (Lipinski definition) is 4. The van der Waals surface area contributed by atoms with Gasteiger partial charge in [0.1, 0.15) is 0 Å². The predicted octanol–water partition coefficient (Wildman–Crippen LogP) is 4.32. The first-order chi connectivity index (χ1) is 12.2. The van der Waals surface area contributed by atoms with Crippen LogP contribution in [-0.4, -0.2) is 45.1 Å². The van der Waals surface area contributed by atoms with E-state index in [0.29, 0.717) is 6.42 Å². The second-order valence-corrected chi connectivity index (χ2v) is 6.59. The van der Waals surface area contributed by atoms with E-state index in [-0.39, 0.29) is 24.5 Å². The van der Waals surface area contributed by atoms with Crippen LogP contribution in [0.4, 0.5) is 0 Å². The summed E-state index contributed by atoms with van der Waals surface area (Å²) in [5.74, 6) is -1.47. The molecule has 0 saturated heterocycles. The third kappa shape index (κ3) is 22.9. The summed E-state index contributed by atoms with van der Waals surface area (Å²) in [7, 11) is 0. The lowest BCUT2D eigenvalue weighted by Crippen LogP contribution is -2.12. The van der Waals surface area contributed by atoms with Crippen LogP contribution in [0.2, 0.25) is 0 Å². The number of carboxylic acids is 2. The van der Waals surface area contributed by atoms with Crippen LogP contribution in [0.5, 0.6) is 0 Å². The van der Waals surface area contributed by atoms with Gasteiger partial charge in [0.05, 0.1) is 17.9 Å². The summed E-state index contributed by atoms with van der Waals surface area (Å²) in [6, 6.07) is 0. The molecule has 4 N–H and O–H groups in total. The van der Waals surface area contributed by atoms with E-state index >= 15 is 0 Å². The number of rotatable bonds is 12. The minimum atomic E-state index is -0.635. The lowest BCUT2D eigenvalue weighted by molar-refractivity contribution is -0.143. The summed E-state index contributed by atoms with van der Waals surface area (Å²) in [5.41, 5.74) is 0. The van der Waals surface area contributed by atoms with Gasteiger partial charge in [0, 0.05) is 6.61 Å². The van der Waals surface area contributed by atoms with Crippen LogP contribution in [0.3, 0.4) is 0 Å². The third-order valence-corrected chi connectivity index (χ3v) is 3.79. The third-order valence-electron chi connectivity index (χ3n) is 3.79. The molecule has 0 spiro atoms. The molecule has 0 saturated carbocycles. The summed E-state index contributed by atoms with van der Waals surface area (Å²) in [4.78, 5) is 21.0. The summed E-state index contributed by atoms with van der Waals surface area (Å²) in [6.45, 7) is 9.81. The molecule has 0 radical (unpaired) electrons. The van der Waals surface area contributed by atoms with Gasteiger partial charge in [-0.1, -0.05) is 53.4 Å². The van der Waals surface area contributed by atoms with E-state index in [2.05, 4.69) is 0 Å². The Kier molecular flexibility index (Phi) is 24.9. The Morgan fingerprint density at radius 2 is 0.962 bits per heavy atom. The normalized spacial score (nSPS) is 11.3. The van der Waals surface area contributed by atoms with Gasteiger partial charge in [-0.05, 0) is 39.0 Å². The van der Waals surface area contributed by atoms with E-state index in [9.17, 15) is 9.59 Å². The zero-order valence-electron chi connectivity index (χ0n) is 17.4. The number of aliphatic hydroxyl groups is 2. The van der Waals surface area contributed by atoms with Crippen LogP contribution in [-0.2, 0) is 9.59 Å². The highest BCUT2D eigenvalue weighted by Gasteiger charge is 2.14. The highest BCUT2D eigenvalue weighted by atomic mass is 16.4. The van der Waals surface area contributed by atoms with E-state index in [1.165, 1.54) is 0 Å². The summed E-state index contributed by atoms with van der Waals surface area (Å²) < 4.78 is 0. The molecule has 1 atom stereocenters. The molecule has 0 aliphatic heterocycles. The number of hydrogen-bond acceptors (Lipinski definition) is 4. The average Bonchev–Trinajstić information content (AvgIpc) is 2.55. The van der Waals surface area contributed by atoms with Crippen LogP contribution < -0.4 is 0 Å². The fourth-order valence-corrected chi connectivity index (χ4v) is 2.36. The van der Waals surface area contributed by atoms with Crippen LogP contribution in [0.1, 0.15) is 92.4 Å². The van der Waals surface area contributed by atoms with Crippen molar-refractivity contribution in [1.29, 1.82) is 0 Å². The lowest BCUT2D eigenvalue weighted by Gasteiger charge is -2.07. The van der Waals surface area contributed by atoms with E-state index < -0.39 is 11.9 Å². The molecular formula is C20H42O6. The molecule has 0 rings (SSSR count). The van der Waals surface area contributed by atoms with Crippen molar-refractivity contribution in [1.82, 2.24) is 0 Å². The predicted molar refractivity (Wildman–Crippen MR) is 105 cm³/mol. The minimum Gasteiger partial charge on any atom is -0.481 e. The number of carbonyl (C=O) groups is 2. The Morgan fingerprint density at radius 3 is 1.04 bits per heavy atom. The molecule has 0 heterocycles. The van der Waals surface area contributed by atoms with Gasteiger partial charge < -0.3 is 20.4 Å². The van der Waals surface area contributed by atoms with Gasteiger partial charge in [0.2, 0.25) is 0 Å². The Morgan fingerprint density at radius 1 is 0.692 bits per heavy atom. The molecule has 26 heavy (non-hydrogen) atoms. The number of aliphatic carboxylic acids is 2. The summed E-state index contributed by atoms with van der Waals surface area (Å²) >= 11 is 0. The fraction of sp³-hybridized carbons (Fsp3) is 0.900. The van der Waals surface area contributed by atoms with Crippen molar-refractivity contribution in [3.63, 3.8) is 0 Å². The van der Waals surface area contributed by atoms with Crippen molar-refractivity contribution in [3.8, 4) is 0 Å². The Hall–Kier alpha value is -1.14. The summed E-state index contributed by atoms with van der Waals surface area (Å²) in [5, 5.41) is 33.7. The molecule has 0 aliphatic carbocycles. The molecule has 0 amide bonds. The summed E-state index contributed by atoms with van der Waals surface area (Å²) in [6.07, 6.45) is 7.30. The first kappa shape index (κ1) is 29.6. The largest absolute Gasteiger partial charge is 0.481 e. The van der Waals surface area contributed by atoms with Crippen molar-refractivity contribution in [3.05, 3.63) is 0 Å². The highest BCUT2D eigenvalue weighted by molar-refractivity contribution is 5.70. The minimum absolute atomic E-state index is 0.0810. The Balaban J connectivity index is -0.000000316. The van der Waals surface area contributed by atoms with Crippen molar-refractivity contribution >= 4 is 11.9 Å². The second-order valence-electron chi connectivity index (χ2n) is 6.59. The first-order valence-electron chi connectivity index (χ1n) is 9.95. The van der Waals surface area contributed by atoms with Gasteiger partial charge >= 0.3 is 11.9 Å². The van der Waals surface area contributed by atoms with E-state index in [0.717, 1.165) is 51.4 Å². The maximum absolute atomic E-state index is 10.5. The van der Waals surface area contributed by atoms with Crippen LogP contribution >= 0.6 is 0 Å². The highest BCUT2D eigenvalue weighted by Crippen LogP contribution is 2.13. The molecule has 6 nitrogen and oxygen atoms in total. The van der Waals surface area contributed by atoms with Gasteiger partial charge in [-0.25, -0.2) is 0 Å². The van der Waals surface area contributed by atoms with Crippen LogP contribution in [0.15, 0.2) is 0 Å². The smallest absolute Gasteiger partial charge is 0.306 e. The lowest BCUT2D eigenvalue weighted by atomic mass is 9.99. The Labute approximate surface area is 159 Å². The molecule has 0 aromatic heterocycles. The molecule has 0 aromatic carbocycles. The van der Waals surface area contributed by atoms with Crippen molar-refractivity contribution in [2.75, 3.05) is 6.61 Å². The van der Waals surface area contributed by atoms with Crippen molar-refractivity contribution in [2.24, 2.45) is 11.8 Å². The average molecular weight is 379 g/mol. The molecule has 0 bridgehead atoms. The molecular weight excluding hydrogens is 336 g/mol. The topological polar surface area (TPSA) is 115 Å². The van der Waals surface area contributed by atoms with Gasteiger partial charge in [0.15, 0.2) is 0 Å². The Bertz CT molecular complexity index is 279. The monoisotopic (exact) mass is 378 g/mol. The van der Waals surface area contributed by atoms with Gasteiger partial charge in [0.25, 0.3) is 0 Å². The zero-order valence-corrected chi connectivity index (χ0v) is 17.4. The molecule has 1 unspecified atom stereocenters. The maximum Gasteiger partial charge on any atom is 0.306 e. The van der Waals surface area contributed by atoms with Gasteiger partial charge in [-0.3, -0.25) is 9.59 Å². The standard InChI is InChI=1S/2C8H16O2.C4H10O2/c2*1-3-5-7(6-4-2)8(9)10;1-4(6)2-3-5/h2*7H,3-6H2,1-2H3,(H,9,10);4-6H,2-3H2,1H3. The van der Waals surface area contributed by atoms with E-state index in [4.69, 9.17) is 20.4 Å². The fourth-order valence-electron chi connectivity index (χ4n) is 2.36. The van der Waals surface area contributed by atoms with Gasteiger partial charge in [-0.15, -0.1) is 0 Å². The molecule has 0 fully saturated rings. The first-order valence-corrected chi connectivity index (χ1v) is 9.95. The van der Waals surface area contributed by atoms with Crippen LogP contribution in [0.25, 0.3) is 0 Å². The number of aliphatic hydroxyl groups excluding tert-OH is 2. The van der Waals surface area contributed by atoms with Gasteiger partial charge in [-0.2, -0.15) is 0 Å². The molecule has 6 heteroatoms.